The number of hydrogen-bond acceptors (Lipinski definition) is 18. The van der Waals surface area contributed by atoms with Crippen molar-refractivity contribution in [3.8, 4) is 0 Å². The standard InChI is InChI=1S/2C16H22I3N3O6.C4H6O4S2/c2*1-21(3-7(25)5-23)15(27)9-11(17)10(13(19)14(20)12(9)18)16(28)22(2)4-8(26)6-24;5-3(6)1-9-10-2-4(7)8/h2*7-8,23-26H,3-6,20H2,1-2H3;1-2H2,(H,5,6)(H,7,8). The van der Waals surface area contributed by atoms with Crippen LogP contribution in [0.25, 0.3) is 0 Å². The molecule has 2 rings (SSSR count). The normalized spacial score (nSPS) is 12.6. The molecule has 0 aromatic heterocycles. The summed E-state index contributed by atoms with van der Waals surface area (Å²) in [6.07, 6.45) is -4.34. The number of carboxylic acid groups (broad SMARTS) is 2. The molecule has 14 N–H and O–H groups in total. The summed E-state index contributed by atoms with van der Waals surface area (Å²) in [5, 5.41) is 90.6. The number of nitrogens with two attached hydrogens (primary N) is 2. The van der Waals surface area contributed by atoms with Gasteiger partial charge in [-0.25, -0.2) is 0 Å². The van der Waals surface area contributed by atoms with Crippen LogP contribution in [0.3, 0.4) is 0 Å². The molecule has 0 saturated carbocycles. The van der Waals surface area contributed by atoms with Gasteiger partial charge >= 0.3 is 11.9 Å². The second-order valence-corrected chi connectivity index (χ2v) is 22.5. The number of likely N-dealkylation sites (N-methyl/N-ethyl adjacent to an activating group) is 4. The molecule has 0 heterocycles. The van der Waals surface area contributed by atoms with E-state index in [0.29, 0.717) is 21.4 Å². The number of hydrogen-bond donors (Lipinski definition) is 12. The second-order valence-electron chi connectivity index (χ2n) is 13.6. The predicted octanol–water partition coefficient (Wildman–Crippen LogP) is 0.403. The molecule has 0 aliphatic carbocycles. The van der Waals surface area contributed by atoms with Gasteiger partial charge in [0.25, 0.3) is 23.6 Å². The Balaban J connectivity index is 0.00000106. The number of carboxylic acids is 2. The Bertz CT molecular complexity index is 1780. The fourth-order valence-corrected chi connectivity index (χ4v) is 14.5. The molecule has 0 radical (unpaired) electrons. The molecular formula is C36H50I6N6O16S2. The Labute approximate surface area is 469 Å². The third-order valence-corrected chi connectivity index (χ3v) is 16.9. The summed E-state index contributed by atoms with van der Waals surface area (Å²) in [5.41, 5.74) is 13.8. The molecule has 0 spiro atoms. The van der Waals surface area contributed by atoms with E-state index in [1.165, 1.54) is 47.8 Å². The van der Waals surface area contributed by atoms with Crippen molar-refractivity contribution < 1.29 is 79.8 Å². The number of amides is 4. The average molecular weight is 1650 g/mol. The van der Waals surface area contributed by atoms with Crippen LogP contribution >= 0.6 is 157 Å². The number of aliphatic hydroxyl groups excluding tert-OH is 8. The first-order chi connectivity index (χ1) is 30.6. The average Bonchev–Trinajstić information content (AvgIpc) is 3.26. The lowest BCUT2D eigenvalue weighted by atomic mass is 10.1. The minimum Gasteiger partial charge on any atom is -0.481 e. The van der Waals surface area contributed by atoms with E-state index >= 15 is 0 Å². The first-order valence-electron chi connectivity index (χ1n) is 18.3. The summed E-state index contributed by atoms with van der Waals surface area (Å²) in [5.74, 6) is -3.76. The Morgan fingerprint density at radius 2 is 0.621 bits per heavy atom. The molecule has 4 atom stereocenters. The van der Waals surface area contributed by atoms with Gasteiger partial charge < -0.3 is 82.1 Å². The van der Waals surface area contributed by atoms with Gasteiger partial charge in [0.2, 0.25) is 0 Å². The monoisotopic (exact) mass is 1650 g/mol. The lowest BCUT2D eigenvalue weighted by Gasteiger charge is -2.25. The molecule has 374 valence electrons. The maximum Gasteiger partial charge on any atom is 0.314 e. The van der Waals surface area contributed by atoms with Crippen molar-refractivity contribution in [1.82, 2.24) is 19.6 Å². The van der Waals surface area contributed by atoms with Gasteiger partial charge in [-0.3, -0.25) is 28.8 Å². The summed E-state index contributed by atoms with van der Waals surface area (Å²) in [7, 11) is 7.97. The minimum absolute atomic E-state index is 0.0576. The fourth-order valence-electron chi connectivity index (χ4n) is 4.89. The molecule has 66 heavy (non-hydrogen) atoms. The Morgan fingerprint density at radius 3 is 0.773 bits per heavy atom. The number of rotatable bonds is 21. The van der Waals surface area contributed by atoms with Gasteiger partial charge in [-0.1, -0.05) is 21.6 Å². The van der Waals surface area contributed by atoms with E-state index in [1.54, 1.807) is 0 Å². The second kappa shape index (κ2) is 32.6. The predicted molar refractivity (Wildman–Crippen MR) is 298 cm³/mol. The number of benzene rings is 2. The van der Waals surface area contributed by atoms with Crippen molar-refractivity contribution in [3.63, 3.8) is 0 Å². The van der Waals surface area contributed by atoms with Crippen LogP contribution in [0.2, 0.25) is 0 Å². The zero-order valence-electron chi connectivity index (χ0n) is 35.3. The lowest BCUT2D eigenvalue weighted by molar-refractivity contribution is -0.135. The topological polar surface area (TPSA) is 370 Å². The van der Waals surface area contributed by atoms with E-state index in [4.69, 9.17) is 42.1 Å². The quantitative estimate of drug-likeness (QED) is 0.0348. The molecule has 4 unspecified atom stereocenters. The number of aliphatic carboxylic acids is 2. The maximum atomic E-state index is 12.9. The van der Waals surface area contributed by atoms with Crippen molar-refractivity contribution >= 4 is 204 Å². The van der Waals surface area contributed by atoms with E-state index < -0.39 is 86.4 Å². The summed E-state index contributed by atoms with van der Waals surface area (Å²) in [6, 6.07) is 0. The third kappa shape index (κ3) is 20.4. The van der Waals surface area contributed by atoms with Crippen molar-refractivity contribution in [3.05, 3.63) is 43.7 Å². The highest BCUT2D eigenvalue weighted by Crippen LogP contribution is 2.36. The van der Waals surface area contributed by atoms with E-state index in [9.17, 15) is 49.2 Å². The number of carbonyl (C=O) groups excluding carboxylic acids is 4. The van der Waals surface area contributed by atoms with Crippen molar-refractivity contribution in [2.45, 2.75) is 24.4 Å². The highest BCUT2D eigenvalue weighted by atomic mass is 127. The van der Waals surface area contributed by atoms with E-state index in [1.807, 2.05) is 136 Å². The summed E-state index contributed by atoms with van der Waals surface area (Å²) >= 11 is 11.6. The first kappa shape index (κ1) is 65.6. The van der Waals surface area contributed by atoms with Crippen LogP contribution in [-0.2, 0) is 9.59 Å². The number of carbonyl (C=O) groups is 6. The van der Waals surface area contributed by atoms with Crippen LogP contribution < -0.4 is 11.5 Å². The number of nitrogens with zero attached hydrogens (tertiary/aromatic N) is 4. The third-order valence-electron chi connectivity index (χ3n) is 8.17. The van der Waals surface area contributed by atoms with Gasteiger partial charge in [0.1, 0.15) is 11.5 Å². The lowest BCUT2D eigenvalue weighted by Crippen LogP contribution is -2.38. The molecule has 22 nitrogen and oxygen atoms in total. The zero-order chi connectivity index (χ0) is 51.5. The highest BCUT2D eigenvalue weighted by Gasteiger charge is 2.32. The van der Waals surface area contributed by atoms with Crippen molar-refractivity contribution in [2.75, 3.05) is 104 Å². The molecule has 2 aromatic carbocycles. The van der Waals surface area contributed by atoms with Crippen molar-refractivity contribution in [1.29, 1.82) is 0 Å². The molecule has 30 heteroatoms. The van der Waals surface area contributed by atoms with Gasteiger partial charge in [-0.05, 0) is 136 Å². The van der Waals surface area contributed by atoms with Gasteiger partial charge in [0.05, 0.1) is 98.8 Å². The van der Waals surface area contributed by atoms with E-state index in [0.717, 1.165) is 21.6 Å². The van der Waals surface area contributed by atoms with Crippen LogP contribution in [0.4, 0.5) is 11.4 Å². The van der Waals surface area contributed by atoms with E-state index in [-0.39, 0.29) is 71.3 Å². The highest BCUT2D eigenvalue weighted by molar-refractivity contribution is 14.1. The maximum absolute atomic E-state index is 12.9. The van der Waals surface area contributed by atoms with Gasteiger partial charge in [0.15, 0.2) is 0 Å². The van der Waals surface area contributed by atoms with Gasteiger partial charge in [-0.2, -0.15) is 0 Å². The number of anilines is 2. The van der Waals surface area contributed by atoms with Crippen molar-refractivity contribution in [2.24, 2.45) is 0 Å². The van der Waals surface area contributed by atoms with Crippen LogP contribution in [0.1, 0.15) is 41.4 Å². The molecule has 0 bridgehead atoms. The molecule has 0 aliphatic rings. The summed E-state index contributed by atoms with van der Waals surface area (Å²) in [6.45, 7) is -2.27. The fraction of sp³-hybridized carbons (Fsp3) is 0.500. The zero-order valence-corrected chi connectivity index (χ0v) is 49.9. The van der Waals surface area contributed by atoms with E-state index in [2.05, 4.69) is 0 Å². The Hall–Kier alpha value is -0.380. The first-order valence-corrected chi connectivity index (χ1v) is 27.3. The minimum atomic E-state index is -1.09. The molecule has 0 aliphatic heterocycles. The number of nitrogen functional groups attached to an aromatic ring is 2. The smallest absolute Gasteiger partial charge is 0.314 e. The number of halogens is 6. The van der Waals surface area contributed by atoms with Crippen LogP contribution in [0.5, 0.6) is 0 Å². The van der Waals surface area contributed by atoms with Crippen LogP contribution in [-0.4, -0.2) is 223 Å². The Morgan fingerprint density at radius 1 is 0.439 bits per heavy atom. The molecule has 2 aromatic rings. The van der Waals surface area contributed by atoms with Gasteiger partial charge in [-0.15, -0.1) is 0 Å². The molecular weight excluding hydrogens is 1600 g/mol. The molecule has 4 amide bonds. The summed E-state index contributed by atoms with van der Waals surface area (Å²) in [4.78, 5) is 76.5. The molecule has 0 saturated heterocycles. The Kier molecular flexibility index (Phi) is 32.4. The number of aliphatic hydroxyl groups is 8. The van der Waals surface area contributed by atoms with Gasteiger partial charge in [0, 0.05) is 61.5 Å². The largest absolute Gasteiger partial charge is 0.481 e. The van der Waals surface area contributed by atoms with Crippen LogP contribution in [0, 0.1) is 21.4 Å². The molecule has 0 fully saturated rings. The van der Waals surface area contributed by atoms with Crippen LogP contribution in [0.15, 0.2) is 0 Å². The summed E-state index contributed by atoms with van der Waals surface area (Å²) < 4.78 is 2.72. The SMILES string of the molecule is CN(CC(O)CO)C(=O)c1c(I)c(N)c(I)c(C(=O)N(C)CC(O)CO)c1I.CN(CC(O)CO)C(=O)c1c(I)c(N)c(I)c(C(=O)N(C)CC(O)CO)c1I.O=C(O)CSSCC(=O)O.